The molecule has 9 heteroatoms. The Balaban J connectivity index is 4.32. The van der Waals surface area contributed by atoms with E-state index in [1.165, 1.54) is 32.1 Å². The van der Waals surface area contributed by atoms with Gasteiger partial charge in [-0.1, -0.05) is 222 Å². The van der Waals surface area contributed by atoms with E-state index in [4.69, 9.17) is 9.05 Å². The predicted molar refractivity (Wildman–Crippen MR) is 329 cm³/mol. The summed E-state index contributed by atoms with van der Waals surface area (Å²) in [5.41, 5.74) is 0. The van der Waals surface area contributed by atoms with Crippen molar-refractivity contribution in [1.82, 2.24) is 5.32 Å². The van der Waals surface area contributed by atoms with E-state index in [2.05, 4.69) is 189 Å². The minimum absolute atomic E-state index is 0.0282. The molecule has 0 aromatic rings. The zero-order valence-corrected chi connectivity index (χ0v) is 49.3. The lowest BCUT2D eigenvalue weighted by Gasteiger charge is -2.29. The van der Waals surface area contributed by atoms with Crippen LogP contribution in [0.15, 0.2) is 182 Å². The summed E-state index contributed by atoms with van der Waals surface area (Å²) in [5, 5.41) is 13.8. The first-order valence-corrected chi connectivity index (χ1v) is 30.6. The third-order valence-electron chi connectivity index (χ3n) is 11.6. The van der Waals surface area contributed by atoms with E-state index in [0.29, 0.717) is 23.9 Å². The van der Waals surface area contributed by atoms with Crippen molar-refractivity contribution in [2.24, 2.45) is 0 Å². The van der Waals surface area contributed by atoms with Gasteiger partial charge in [0, 0.05) is 6.42 Å². The average Bonchev–Trinajstić information content (AvgIpc) is 3.38. The van der Waals surface area contributed by atoms with Gasteiger partial charge in [-0.25, -0.2) is 0 Å². The quantitative estimate of drug-likeness (QED) is 0.0272. The number of phosphoric acid groups is 1. The Hall–Kier alpha value is -4.40. The highest BCUT2D eigenvalue weighted by Gasteiger charge is 2.23. The molecule has 0 saturated carbocycles. The number of nitrogens with zero attached hydrogens (tertiary/aromatic N) is 1. The molecule has 0 aromatic heterocycles. The maximum Gasteiger partial charge on any atom is 0.268 e. The molecule has 0 bridgehead atoms. The molecule has 0 aromatic carbocycles. The number of carbonyl (C=O) groups is 1. The highest BCUT2D eigenvalue weighted by molar-refractivity contribution is 7.45. The molecule has 3 atom stereocenters. The Morgan fingerprint density at radius 2 is 0.816 bits per heavy atom. The molecule has 76 heavy (non-hydrogen) atoms. The number of nitrogens with one attached hydrogen (secondary N) is 1. The van der Waals surface area contributed by atoms with Crippen LogP contribution in [0.1, 0.15) is 181 Å². The van der Waals surface area contributed by atoms with Gasteiger partial charge in [0.25, 0.3) is 7.82 Å². The molecule has 0 radical (unpaired) electrons. The average molecular weight is 1070 g/mol. The number of rotatable bonds is 50. The van der Waals surface area contributed by atoms with Crippen LogP contribution in [0.4, 0.5) is 0 Å². The van der Waals surface area contributed by atoms with Gasteiger partial charge in [0.2, 0.25) is 5.91 Å². The van der Waals surface area contributed by atoms with Gasteiger partial charge in [0.05, 0.1) is 39.9 Å². The van der Waals surface area contributed by atoms with E-state index in [1.54, 1.807) is 6.08 Å². The van der Waals surface area contributed by atoms with Crippen molar-refractivity contribution < 1.29 is 32.9 Å². The second kappa shape index (κ2) is 55.4. The van der Waals surface area contributed by atoms with Gasteiger partial charge in [-0.2, -0.15) is 0 Å². The SMILES string of the molecule is CC/C=C\C/C=C\C/C=C\C/C=C\C/C=C\C/C=C\C/C=C\C/C=C\C/C=C\C/C=C\C/C=C\C/C=C\CCCCC(=O)NC(COP(=O)([O-])OCC[N+](C)(C)C)C(O)/C=C/CC/C=C/CC/C=C/CCCCCCC. The molecule has 0 aliphatic heterocycles. The smallest absolute Gasteiger partial charge is 0.268 e. The first-order chi connectivity index (χ1) is 37.0. The number of amides is 1. The van der Waals surface area contributed by atoms with Crippen LogP contribution in [0.3, 0.4) is 0 Å². The maximum absolute atomic E-state index is 12.9. The first-order valence-electron chi connectivity index (χ1n) is 29.1. The molecule has 0 aliphatic rings. The highest BCUT2D eigenvalue weighted by atomic mass is 31.2. The number of phosphoric ester groups is 1. The second-order valence-corrected chi connectivity index (χ2v) is 21.3. The topological polar surface area (TPSA) is 108 Å². The van der Waals surface area contributed by atoms with E-state index < -0.39 is 26.6 Å². The van der Waals surface area contributed by atoms with Crippen molar-refractivity contribution in [2.45, 2.75) is 193 Å². The van der Waals surface area contributed by atoms with Crippen molar-refractivity contribution >= 4 is 13.7 Å². The number of aliphatic hydroxyl groups is 1. The Kier molecular flexibility index (Phi) is 52.2. The van der Waals surface area contributed by atoms with Crippen LogP contribution >= 0.6 is 7.82 Å². The second-order valence-electron chi connectivity index (χ2n) is 19.9. The lowest BCUT2D eigenvalue weighted by Crippen LogP contribution is -2.45. The van der Waals surface area contributed by atoms with E-state index >= 15 is 0 Å². The zero-order chi connectivity index (χ0) is 55.6. The minimum atomic E-state index is -4.63. The Morgan fingerprint density at radius 1 is 0.474 bits per heavy atom. The summed E-state index contributed by atoms with van der Waals surface area (Å²) in [6.07, 6.45) is 89.8. The minimum Gasteiger partial charge on any atom is -0.756 e. The van der Waals surface area contributed by atoms with Crippen LogP contribution in [0.25, 0.3) is 0 Å². The number of likely N-dealkylation sites (N-methyl/N-ethyl adjacent to an activating group) is 1. The van der Waals surface area contributed by atoms with Gasteiger partial charge >= 0.3 is 0 Å². The molecule has 0 spiro atoms. The molecule has 0 aliphatic carbocycles. The molecular formula is C67H107N2O6P. The van der Waals surface area contributed by atoms with Crippen molar-refractivity contribution in [2.75, 3.05) is 40.9 Å². The zero-order valence-electron chi connectivity index (χ0n) is 48.4. The molecule has 8 nitrogen and oxygen atoms in total. The summed E-state index contributed by atoms with van der Waals surface area (Å²) in [6, 6.07) is -0.947. The molecule has 0 rings (SSSR count). The van der Waals surface area contributed by atoms with Crippen LogP contribution in [0.5, 0.6) is 0 Å². The lowest BCUT2D eigenvalue weighted by molar-refractivity contribution is -0.870. The molecule has 426 valence electrons. The number of aliphatic hydroxyl groups excluding tert-OH is 1. The number of hydrogen-bond acceptors (Lipinski definition) is 6. The van der Waals surface area contributed by atoms with Gasteiger partial charge < -0.3 is 28.8 Å². The fourth-order valence-corrected chi connectivity index (χ4v) is 7.77. The molecule has 1 amide bonds. The first kappa shape index (κ1) is 71.6. The molecule has 0 heterocycles. The van der Waals surface area contributed by atoms with Gasteiger partial charge in [-0.05, 0) is 135 Å². The normalized spacial score (nSPS) is 15.2. The van der Waals surface area contributed by atoms with Crippen molar-refractivity contribution in [3.8, 4) is 0 Å². The largest absolute Gasteiger partial charge is 0.756 e. The summed E-state index contributed by atoms with van der Waals surface area (Å²) in [6.45, 7) is 4.42. The number of unbranched alkanes of at least 4 members (excludes halogenated alkanes) is 9. The molecule has 0 saturated heterocycles. The van der Waals surface area contributed by atoms with E-state index in [1.807, 2.05) is 27.2 Å². The Labute approximate surface area is 466 Å². The van der Waals surface area contributed by atoms with E-state index in [0.717, 1.165) is 116 Å². The Morgan fingerprint density at radius 3 is 1.21 bits per heavy atom. The van der Waals surface area contributed by atoms with Crippen molar-refractivity contribution in [3.63, 3.8) is 0 Å². The van der Waals surface area contributed by atoms with Gasteiger partial charge in [0.15, 0.2) is 0 Å². The number of allylic oxidation sites excluding steroid dienone is 29. The van der Waals surface area contributed by atoms with Gasteiger partial charge in [-0.3, -0.25) is 9.36 Å². The van der Waals surface area contributed by atoms with Crippen LogP contribution in [-0.2, 0) is 18.4 Å². The third kappa shape index (κ3) is 57.3. The predicted octanol–water partition coefficient (Wildman–Crippen LogP) is 17.6. The summed E-state index contributed by atoms with van der Waals surface area (Å²) < 4.78 is 23.2. The summed E-state index contributed by atoms with van der Waals surface area (Å²) in [7, 11) is 1.17. The monoisotopic (exact) mass is 1070 g/mol. The molecule has 3 unspecified atom stereocenters. The number of carbonyl (C=O) groups excluding carboxylic acids is 1. The molecule has 0 fully saturated rings. The molecule has 2 N–H and O–H groups in total. The summed E-state index contributed by atoms with van der Waals surface area (Å²) in [4.78, 5) is 25.4. The van der Waals surface area contributed by atoms with Gasteiger partial charge in [0.1, 0.15) is 13.2 Å². The summed E-state index contributed by atoms with van der Waals surface area (Å²) in [5.74, 6) is -0.263. The van der Waals surface area contributed by atoms with Crippen molar-refractivity contribution in [3.05, 3.63) is 182 Å². The fraction of sp³-hybridized carbons (Fsp3) is 0.537. The molecular weight excluding hydrogens is 960 g/mol. The van der Waals surface area contributed by atoms with Crippen LogP contribution in [-0.4, -0.2) is 68.5 Å². The van der Waals surface area contributed by atoms with E-state index in [-0.39, 0.29) is 18.9 Å². The van der Waals surface area contributed by atoms with Crippen LogP contribution in [0, 0.1) is 0 Å². The number of quaternary nitrogens is 1. The maximum atomic E-state index is 12.9. The lowest BCUT2D eigenvalue weighted by atomic mass is 10.1. The van der Waals surface area contributed by atoms with Crippen LogP contribution in [0.2, 0.25) is 0 Å². The standard InChI is InChI=1S/C67H107N2O6P/c1-6-8-10-12-14-16-18-20-22-23-24-25-26-27-28-29-30-31-32-33-34-35-36-37-38-39-40-41-42-43-44-45-47-49-51-53-55-57-59-61-67(71)68-65(64-75-76(72,73)74-63-62-69(3,4)5)66(70)60-58-56-54-52-50-48-46-21-19-17-15-13-11-9-7-2/h8,10,14,16,19-22,24-25,27-28,30-31,33-34,36-37,39-40,42-43,45,47,50-53,58,60,65-66,70H,6-7,9,11-13,15,17-18,23,26,29,32,35,38,41,44,46,48-49,54-57,59,61-64H2,1-5H3,(H-,68,71,72,73)/b10-8-,16-14-,21-19+,22-20-,25-24-,28-27-,31-30-,34-33-,37-36-,40-39-,43-42-,47-45-,52-50+,53-51-,60-58+. The van der Waals surface area contributed by atoms with E-state index in [9.17, 15) is 19.4 Å². The third-order valence-corrected chi connectivity index (χ3v) is 12.5. The fourth-order valence-electron chi connectivity index (χ4n) is 7.05. The number of hydrogen-bond donors (Lipinski definition) is 2. The van der Waals surface area contributed by atoms with Crippen LogP contribution < -0.4 is 10.2 Å². The van der Waals surface area contributed by atoms with Crippen molar-refractivity contribution in [1.29, 1.82) is 0 Å². The summed E-state index contributed by atoms with van der Waals surface area (Å²) >= 11 is 0. The highest BCUT2D eigenvalue weighted by Crippen LogP contribution is 2.38. The Bertz CT molecular complexity index is 1880. The van der Waals surface area contributed by atoms with Gasteiger partial charge in [-0.15, -0.1) is 0 Å².